The second kappa shape index (κ2) is 10.8. The second-order valence-electron chi connectivity index (χ2n) is 14.0. The Morgan fingerprint density at radius 2 is 0.804 bits per heavy atom. The second-order valence-corrected chi connectivity index (χ2v) is 14.0. The van der Waals surface area contributed by atoms with Crippen molar-refractivity contribution in [2.45, 2.75) is 5.41 Å². The molecule has 1 nitrogen and oxygen atoms in total. The van der Waals surface area contributed by atoms with Gasteiger partial charge in [-0.25, -0.2) is 0 Å². The number of para-hydroxylation sites is 2. The van der Waals surface area contributed by atoms with Crippen molar-refractivity contribution >= 4 is 40.2 Å². The molecule has 236 valence electrons. The van der Waals surface area contributed by atoms with Crippen LogP contribution in [0.25, 0.3) is 33.4 Å². The van der Waals surface area contributed by atoms with E-state index in [-0.39, 0.29) is 12.1 Å². The van der Waals surface area contributed by atoms with Gasteiger partial charge in [0, 0.05) is 17.1 Å². The van der Waals surface area contributed by atoms with E-state index in [1.54, 1.807) is 0 Å². The van der Waals surface area contributed by atoms with Crippen LogP contribution < -0.4 is 21.3 Å². The van der Waals surface area contributed by atoms with Crippen molar-refractivity contribution < 1.29 is 0 Å². The zero-order valence-electron chi connectivity index (χ0n) is 28.0. The number of hydrogen-bond donors (Lipinski definition) is 0. The molecular formula is C49H32BN. The number of anilines is 3. The van der Waals surface area contributed by atoms with E-state index < -0.39 is 0 Å². The summed E-state index contributed by atoms with van der Waals surface area (Å²) in [7, 11) is 0. The summed E-state index contributed by atoms with van der Waals surface area (Å²) in [5.74, 6) is 0. The maximum Gasteiger partial charge on any atom is 0.243 e. The van der Waals surface area contributed by atoms with E-state index in [0.717, 1.165) is 17.1 Å². The lowest BCUT2D eigenvalue weighted by atomic mass is 9.32. The van der Waals surface area contributed by atoms with E-state index in [1.165, 1.54) is 72.0 Å². The van der Waals surface area contributed by atoms with Gasteiger partial charge in [-0.05, 0) is 92.0 Å². The third-order valence-electron chi connectivity index (χ3n) is 11.6. The summed E-state index contributed by atoms with van der Waals surface area (Å²) in [5.41, 5.74) is 20.8. The van der Waals surface area contributed by atoms with E-state index in [2.05, 4.69) is 199 Å². The molecule has 3 aliphatic rings. The van der Waals surface area contributed by atoms with Gasteiger partial charge in [0.05, 0.1) is 5.41 Å². The van der Waals surface area contributed by atoms with Crippen molar-refractivity contribution in [2.24, 2.45) is 0 Å². The standard InChI is InChI=1S/C49H32BN/c1-3-15-34(16-4-1)51(35-17-5-2-6-18-35)36-31-29-33(30-32-36)37-21-14-28-46-47(37)40-22-13-26-44-48(40)50(46)45-27-12-11-25-43(45)49(44)41-23-9-7-19-38(41)39-20-8-10-24-42(39)49/h1-32H. The SMILES string of the molecule is c1ccc(N(c2ccccc2)c2ccc(-c3cccc4c3-c3cccc5c3B4c3ccccc3C53c4ccccc4-c4ccccc43)cc2)cc1. The Morgan fingerprint density at radius 1 is 0.333 bits per heavy atom. The highest BCUT2D eigenvalue weighted by molar-refractivity contribution is 7.00. The molecule has 2 heteroatoms. The van der Waals surface area contributed by atoms with E-state index in [4.69, 9.17) is 0 Å². The van der Waals surface area contributed by atoms with Gasteiger partial charge in [0.2, 0.25) is 6.71 Å². The van der Waals surface area contributed by atoms with Crippen molar-refractivity contribution in [1.29, 1.82) is 0 Å². The smallest absolute Gasteiger partial charge is 0.243 e. The Hall–Kier alpha value is -6.38. The minimum absolute atomic E-state index is 0.179. The summed E-state index contributed by atoms with van der Waals surface area (Å²) in [6.07, 6.45) is 0. The van der Waals surface area contributed by atoms with Gasteiger partial charge in [-0.1, -0.05) is 174 Å². The molecule has 1 aliphatic carbocycles. The largest absolute Gasteiger partial charge is 0.311 e. The Morgan fingerprint density at radius 3 is 1.47 bits per heavy atom. The maximum absolute atomic E-state index is 2.42. The van der Waals surface area contributed by atoms with Crippen LogP contribution in [0.3, 0.4) is 0 Å². The molecule has 11 rings (SSSR count). The highest BCUT2D eigenvalue weighted by atomic mass is 15.1. The van der Waals surface area contributed by atoms with Crippen molar-refractivity contribution in [3.05, 3.63) is 216 Å². The topological polar surface area (TPSA) is 3.24 Å². The molecule has 1 spiro atoms. The lowest BCUT2D eigenvalue weighted by molar-refractivity contribution is 0.775. The number of hydrogen-bond acceptors (Lipinski definition) is 1. The quantitative estimate of drug-likeness (QED) is 0.172. The van der Waals surface area contributed by atoms with Gasteiger partial charge in [-0.3, -0.25) is 0 Å². The van der Waals surface area contributed by atoms with Gasteiger partial charge in [0.15, 0.2) is 0 Å². The van der Waals surface area contributed by atoms with Crippen molar-refractivity contribution in [2.75, 3.05) is 4.90 Å². The molecule has 51 heavy (non-hydrogen) atoms. The molecule has 0 amide bonds. The first kappa shape index (κ1) is 28.5. The zero-order chi connectivity index (χ0) is 33.5. The summed E-state index contributed by atoms with van der Waals surface area (Å²) in [5, 5.41) is 0. The summed E-state index contributed by atoms with van der Waals surface area (Å²) in [4.78, 5) is 2.33. The Kier molecular flexibility index (Phi) is 6.03. The highest BCUT2D eigenvalue weighted by Gasteiger charge is 2.54. The molecule has 0 bridgehead atoms. The van der Waals surface area contributed by atoms with Crippen LogP contribution in [0.15, 0.2) is 194 Å². The molecule has 2 aliphatic heterocycles. The molecule has 0 fully saturated rings. The molecule has 0 radical (unpaired) electrons. The fraction of sp³-hybridized carbons (Fsp3) is 0.0204. The predicted molar refractivity (Wildman–Crippen MR) is 214 cm³/mol. The number of nitrogens with zero attached hydrogens (tertiary/aromatic N) is 1. The minimum Gasteiger partial charge on any atom is -0.311 e. The molecular weight excluding hydrogens is 613 g/mol. The zero-order valence-corrected chi connectivity index (χ0v) is 28.0. The summed E-state index contributed by atoms with van der Waals surface area (Å²) < 4.78 is 0. The third kappa shape index (κ3) is 3.82. The first-order valence-corrected chi connectivity index (χ1v) is 17.9. The Labute approximate surface area is 299 Å². The number of rotatable bonds is 4. The van der Waals surface area contributed by atoms with Gasteiger partial charge >= 0.3 is 0 Å². The molecule has 0 unspecified atom stereocenters. The van der Waals surface area contributed by atoms with E-state index in [0.29, 0.717) is 0 Å². The van der Waals surface area contributed by atoms with Crippen LogP contribution in [0.2, 0.25) is 0 Å². The van der Waals surface area contributed by atoms with E-state index in [1.807, 2.05) is 0 Å². The average molecular weight is 646 g/mol. The minimum atomic E-state index is -0.367. The van der Waals surface area contributed by atoms with Crippen LogP contribution in [0.4, 0.5) is 17.1 Å². The van der Waals surface area contributed by atoms with Gasteiger partial charge in [0.25, 0.3) is 0 Å². The molecule has 0 aromatic heterocycles. The molecule has 8 aromatic carbocycles. The van der Waals surface area contributed by atoms with Crippen LogP contribution in [-0.2, 0) is 5.41 Å². The predicted octanol–water partition coefficient (Wildman–Crippen LogP) is 10.00. The lowest BCUT2D eigenvalue weighted by Gasteiger charge is -2.42. The molecule has 8 aromatic rings. The lowest BCUT2D eigenvalue weighted by Crippen LogP contribution is -2.59. The first-order chi connectivity index (χ1) is 25.3. The molecule has 0 saturated heterocycles. The van der Waals surface area contributed by atoms with E-state index >= 15 is 0 Å². The van der Waals surface area contributed by atoms with Crippen LogP contribution in [-0.4, -0.2) is 6.71 Å². The third-order valence-corrected chi connectivity index (χ3v) is 11.6. The number of benzene rings is 8. The van der Waals surface area contributed by atoms with Gasteiger partial charge in [0.1, 0.15) is 0 Å². The van der Waals surface area contributed by atoms with Gasteiger partial charge in [-0.15, -0.1) is 0 Å². The van der Waals surface area contributed by atoms with Gasteiger partial charge in [-0.2, -0.15) is 0 Å². The molecule has 2 heterocycles. The van der Waals surface area contributed by atoms with Crippen molar-refractivity contribution in [3.8, 4) is 33.4 Å². The number of fused-ring (bicyclic) bond motifs is 12. The van der Waals surface area contributed by atoms with E-state index in [9.17, 15) is 0 Å². The normalized spacial score (nSPS) is 13.6. The Bertz CT molecular complexity index is 2560. The molecule has 0 N–H and O–H groups in total. The molecule has 0 saturated carbocycles. The summed E-state index contributed by atoms with van der Waals surface area (Å²) >= 11 is 0. The van der Waals surface area contributed by atoms with Gasteiger partial charge < -0.3 is 4.90 Å². The van der Waals surface area contributed by atoms with Crippen LogP contribution in [0, 0.1) is 0 Å². The van der Waals surface area contributed by atoms with Crippen LogP contribution in [0.5, 0.6) is 0 Å². The van der Waals surface area contributed by atoms with Crippen LogP contribution in [0.1, 0.15) is 22.3 Å². The van der Waals surface area contributed by atoms with Crippen molar-refractivity contribution in [3.63, 3.8) is 0 Å². The van der Waals surface area contributed by atoms with Crippen molar-refractivity contribution in [1.82, 2.24) is 0 Å². The molecule has 0 atom stereocenters. The highest BCUT2D eigenvalue weighted by Crippen LogP contribution is 2.57. The fourth-order valence-electron chi connectivity index (χ4n) is 9.69. The van der Waals surface area contributed by atoms with Crippen LogP contribution >= 0.6 is 0 Å². The summed E-state index contributed by atoms with van der Waals surface area (Å²) in [6, 6.07) is 71.9. The average Bonchev–Trinajstić information content (AvgIpc) is 3.70. The first-order valence-electron chi connectivity index (χ1n) is 17.9. The monoisotopic (exact) mass is 645 g/mol. The maximum atomic E-state index is 2.42. The fourth-order valence-corrected chi connectivity index (χ4v) is 9.69. The summed E-state index contributed by atoms with van der Waals surface area (Å²) in [6.45, 7) is 0.179. The Balaban J connectivity index is 1.12.